The first-order valence-electron chi connectivity index (χ1n) is 5.59. The molecule has 0 atom stereocenters. The number of nitrogens with one attached hydrogen (secondary N) is 2. The Morgan fingerprint density at radius 1 is 1.29 bits per heavy atom. The number of rotatable bonds is 4. The van der Waals surface area contributed by atoms with Gasteiger partial charge < -0.3 is 0 Å². The summed E-state index contributed by atoms with van der Waals surface area (Å²) in [5.41, 5.74) is 5.30. The first kappa shape index (κ1) is 15.0. The molecule has 0 aliphatic carbocycles. The molecule has 0 spiro atoms. The number of hydrogen-bond donors (Lipinski definition) is 2. The number of halogens is 2. The van der Waals surface area contributed by atoms with Crippen molar-refractivity contribution in [1.29, 1.82) is 0 Å². The lowest BCUT2D eigenvalue weighted by Gasteiger charge is -2.09. The molecular weight excluding hydrogens is 319 g/mol. The highest BCUT2D eigenvalue weighted by Crippen LogP contribution is 2.19. The SMILES string of the molecule is O=C(NNc1cccc([N+](=O)[O-])c1)c1cnc(Cl)cc1Cl. The summed E-state index contributed by atoms with van der Waals surface area (Å²) in [4.78, 5) is 25.8. The van der Waals surface area contributed by atoms with Crippen LogP contribution in [0.15, 0.2) is 36.5 Å². The van der Waals surface area contributed by atoms with Gasteiger partial charge in [-0.1, -0.05) is 29.3 Å². The van der Waals surface area contributed by atoms with Crippen molar-refractivity contribution in [3.63, 3.8) is 0 Å². The Morgan fingerprint density at radius 3 is 2.71 bits per heavy atom. The number of benzene rings is 1. The molecule has 0 aliphatic heterocycles. The second-order valence-corrected chi connectivity index (χ2v) is 4.67. The number of amides is 1. The van der Waals surface area contributed by atoms with Crippen molar-refractivity contribution in [3.05, 3.63) is 62.4 Å². The number of aromatic nitrogens is 1. The molecule has 2 N–H and O–H groups in total. The van der Waals surface area contributed by atoms with E-state index in [9.17, 15) is 14.9 Å². The molecule has 21 heavy (non-hydrogen) atoms. The van der Waals surface area contributed by atoms with Gasteiger partial charge >= 0.3 is 0 Å². The molecule has 0 saturated carbocycles. The molecule has 0 radical (unpaired) electrons. The molecule has 1 amide bonds. The van der Waals surface area contributed by atoms with Crippen molar-refractivity contribution >= 4 is 40.5 Å². The summed E-state index contributed by atoms with van der Waals surface area (Å²) in [7, 11) is 0. The fraction of sp³-hybridized carbons (Fsp3) is 0. The van der Waals surface area contributed by atoms with Gasteiger partial charge in [-0.15, -0.1) is 0 Å². The minimum Gasteiger partial charge on any atom is -0.298 e. The van der Waals surface area contributed by atoms with E-state index in [1.165, 1.54) is 30.5 Å². The van der Waals surface area contributed by atoms with Gasteiger partial charge in [0.05, 0.1) is 21.2 Å². The third-order valence-electron chi connectivity index (χ3n) is 2.44. The highest BCUT2D eigenvalue weighted by atomic mass is 35.5. The number of nitrogens with zero attached hydrogens (tertiary/aromatic N) is 2. The fourth-order valence-corrected chi connectivity index (χ4v) is 1.92. The van der Waals surface area contributed by atoms with E-state index >= 15 is 0 Å². The second kappa shape index (κ2) is 6.38. The maximum atomic E-state index is 11.9. The van der Waals surface area contributed by atoms with Crippen LogP contribution in [-0.2, 0) is 0 Å². The van der Waals surface area contributed by atoms with Crippen LogP contribution in [0.2, 0.25) is 10.2 Å². The van der Waals surface area contributed by atoms with Crippen molar-refractivity contribution in [1.82, 2.24) is 10.4 Å². The zero-order valence-corrected chi connectivity index (χ0v) is 11.9. The van der Waals surface area contributed by atoms with Crippen LogP contribution in [0.4, 0.5) is 11.4 Å². The van der Waals surface area contributed by atoms with E-state index in [-0.39, 0.29) is 21.4 Å². The molecule has 108 valence electrons. The van der Waals surface area contributed by atoms with Crippen LogP contribution in [0.1, 0.15) is 10.4 Å². The Bertz CT molecular complexity index is 709. The van der Waals surface area contributed by atoms with Crippen molar-refractivity contribution in [2.45, 2.75) is 0 Å². The van der Waals surface area contributed by atoms with Crippen LogP contribution in [0.3, 0.4) is 0 Å². The summed E-state index contributed by atoms with van der Waals surface area (Å²) in [5.74, 6) is -0.546. The standard InChI is InChI=1S/C12H8Cl2N4O3/c13-10-5-11(14)15-6-9(10)12(19)17-16-7-2-1-3-8(4-7)18(20)21/h1-6,16H,(H,17,19). The van der Waals surface area contributed by atoms with E-state index in [1.807, 2.05) is 0 Å². The van der Waals surface area contributed by atoms with Crippen LogP contribution in [0, 0.1) is 10.1 Å². The predicted octanol–water partition coefficient (Wildman–Crippen LogP) is 3.05. The van der Waals surface area contributed by atoms with Gasteiger partial charge in [-0.25, -0.2) is 4.98 Å². The van der Waals surface area contributed by atoms with Gasteiger partial charge in [0.1, 0.15) is 5.15 Å². The van der Waals surface area contributed by atoms with E-state index in [0.717, 1.165) is 0 Å². The maximum absolute atomic E-state index is 11.9. The predicted molar refractivity (Wildman–Crippen MR) is 78.4 cm³/mol. The number of carbonyl (C=O) groups is 1. The van der Waals surface area contributed by atoms with Crippen LogP contribution in [-0.4, -0.2) is 15.8 Å². The van der Waals surface area contributed by atoms with Gasteiger partial charge in [-0.2, -0.15) is 0 Å². The minimum atomic E-state index is -0.546. The Labute approximate surface area is 129 Å². The van der Waals surface area contributed by atoms with Crippen LogP contribution >= 0.6 is 23.2 Å². The third kappa shape index (κ3) is 3.80. The first-order chi connectivity index (χ1) is 9.97. The normalized spacial score (nSPS) is 10.0. The topological polar surface area (TPSA) is 97.2 Å². The van der Waals surface area contributed by atoms with E-state index in [1.54, 1.807) is 6.07 Å². The Balaban J connectivity index is 2.07. The molecule has 0 bridgehead atoms. The van der Waals surface area contributed by atoms with Crippen LogP contribution in [0.5, 0.6) is 0 Å². The molecule has 7 nitrogen and oxygen atoms in total. The van der Waals surface area contributed by atoms with E-state index in [4.69, 9.17) is 23.2 Å². The highest BCUT2D eigenvalue weighted by Gasteiger charge is 2.12. The first-order valence-corrected chi connectivity index (χ1v) is 6.35. The maximum Gasteiger partial charge on any atom is 0.272 e. The van der Waals surface area contributed by atoms with Gasteiger partial charge in [-0.3, -0.25) is 25.8 Å². The second-order valence-electron chi connectivity index (χ2n) is 3.87. The number of nitro groups is 1. The zero-order chi connectivity index (χ0) is 15.4. The highest BCUT2D eigenvalue weighted by molar-refractivity contribution is 6.36. The smallest absolute Gasteiger partial charge is 0.272 e. The van der Waals surface area contributed by atoms with Gasteiger partial charge in [0, 0.05) is 18.3 Å². The van der Waals surface area contributed by atoms with Crippen LogP contribution in [0.25, 0.3) is 0 Å². The molecule has 1 aromatic carbocycles. The Hall–Kier alpha value is -2.38. The lowest BCUT2D eigenvalue weighted by atomic mass is 10.2. The van der Waals surface area contributed by atoms with E-state index in [2.05, 4.69) is 15.8 Å². The fourth-order valence-electron chi connectivity index (χ4n) is 1.47. The average molecular weight is 327 g/mol. The largest absolute Gasteiger partial charge is 0.298 e. The minimum absolute atomic E-state index is 0.0968. The number of hydrogen-bond acceptors (Lipinski definition) is 5. The number of non-ortho nitro benzene ring substituents is 1. The molecule has 1 aromatic heterocycles. The molecule has 0 unspecified atom stereocenters. The van der Waals surface area contributed by atoms with Crippen molar-refractivity contribution in [3.8, 4) is 0 Å². The number of anilines is 1. The Morgan fingerprint density at radius 2 is 2.05 bits per heavy atom. The third-order valence-corrected chi connectivity index (χ3v) is 2.96. The number of nitro benzene ring substituents is 1. The molecule has 9 heteroatoms. The van der Waals surface area contributed by atoms with Gasteiger partial charge in [0.15, 0.2) is 0 Å². The van der Waals surface area contributed by atoms with Crippen molar-refractivity contribution in [2.24, 2.45) is 0 Å². The molecule has 2 rings (SSSR count). The van der Waals surface area contributed by atoms with Gasteiger partial charge in [-0.05, 0) is 12.1 Å². The number of carbonyl (C=O) groups excluding carboxylic acids is 1. The molecule has 1 heterocycles. The Kier molecular flexibility index (Phi) is 4.56. The lowest BCUT2D eigenvalue weighted by Crippen LogP contribution is -2.29. The van der Waals surface area contributed by atoms with Crippen LogP contribution < -0.4 is 10.9 Å². The molecular formula is C12H8Cl2N4O3. The molecule has 2 aromatic rings. The lowest BCUT2D eigenvalue weighted by molar-refractivity contribution is -0.384. The summed E-state index contributed by atoms with van der Waals surface area (Å²) >= 11 is 11.5. The number of pyridine rings is 1. The molecule has 0 fully saturated rings. The summed E-state index contributed by atoms with van der Waals surface area (Å²) < 4.78 is 0. The quantitative estimate of drug-likeness (QED) is 0.511. The van der Waals surface area contributed by atoms with Gasteiger partial charge in [0.25, 0.3) is 11.6 Å². The van der Waals surface area contributed by atoms with E-state index in [0.29, 0.717) is 5.69 Å². The van der Waals surface area contributed by atoms with E-state index < -0.39 is 10.8 Å². The summed E-state index contributed by atoms with van der Waals surface area (Å²) in [6.07, 6.45) is 1.23. The monoisotopic (exact) mass is 326 g/mol. The zero-order valence-electron chi connectivity index (χ0n) is 10.3. The summed E-state index contributed by atoms with van der Waals surface area (Å²) in [6, 6.07) is 7.01. The average Bonchev–Trinajstić information content (AvgIpc) is 2.45. The van der Waals surface area contributed by atoms with Gasteiger partial charge in [0.2, 0.25) is 0 Å². The number of hydrazine groups is 1. The summed E-state index contributed by atoms with van der Waals surface area (Å²) in [5, 5.41) is 11.0. The summed E-state index contributed by atoms with van der Waals surface area (Å²) in [6.45, 7) is 0. The van der Waals surface area contributed by atoms with Crippen molar-refractivity contribution in [2.75, 3.05) is 5.43 Å². The molecule has 0 aliphatic rings. The molecule has 0 saturated heterocycles. The van der Waals surface area contributed by atoms with Crippen molar-refractivity contribution < 1.29 is 9.72 Å².